The van der Waals surface area contributed by atoms with Crippen molar-refractivity contribution in [2.75, 3.05) is 0 Å². The first-order valence-corrected chi connectivity index (χ1v) is 6.26. The normalized spacial score (nSPS) is 12.4. The zero-order valence-electron chi connectivity index (χ0n) is 10.2. The molecule has 0 saturated carbocycles. The van der Waals surface area contributed by atoms with Crippen LogP contribution in [0.15, 0.2) is 48.5 Å². The van der Waals surface area contributed by atoms with E-state index in [1.54, 1.807) is 12.1 Å². The number of hydrogen-bond acceptors (Lipinski definition) is 1. The van der Waals surface area contributed by atoms with E-state index in [2.05, 4.69) is 12.2 Å². The maximum Gasteiger partial charge on any atom is 0.123 e. The van der Waals surface area contributed by atoms with Crippen molar-refractivity contribution in [3.8, 4) is 0 Å². The number of nitrogens with one attached hydrogen (secondary N) is 1. The van der Waals surface area contributed by atoms with Gasteiger partial charge in [-0.3, -0.25) is 0 Å². The first-order chi connectivity index (χ1) is 8.65. The van der Waals surface area contributed by atoms with Crippen molar-refractivity contribution in [2.24, 2.45) is 0 Å². The van der Waals surface area contributed by atoms with Crippen molar-refractivity contribution >= 4 is 11.6 Å². The summed E-state index contributed by atoms with van der Waals surface area (Å²) < 4.78 is 12.8. The molecule has 2 aromatic carbocycles. The molecule has 1 nitrogen and oxygen atoms in total. The van der Waals surface area contributed by atoms with E-state index in [1.165, 1.54) is 17.7 Å². The van der Waals surface area contributed by atoms with Gasteiger partial charge in [-0.1, -0.05) is 35.9 Å². The lowest BCUT2D eigenvalue weighted by Crippen LogP contribution is -2.17. The summed E-state index contributed by atoms with van der Waals surface area (Å²) in [6.45, 7) is 2.80. The van der Waals surface area contributed by atoms with Crippen LogP contribution in [0.4, 0.5) is 4.39 Å². The van der Waals surface area contributed by atoms with Gasteiger partial charge in [0.1, 0.15) is 5.82 Å². The molecule has 3 heteroatoms. The highest BCUT2D eigenvalue weighted by Gasteiger charge is 2.04. The molecule has 0 unspecified atom stereocenters. The van der Waals surface area contributed by atoms with Crippen LogP contribution < -0.4 is 5.32 Å². The Bertz CT molecular complexity index is 493. The molecule has 0 aliphatic rings. The third kappa shape index (κ3) is 3.56. The van der Waals surface area contributed by atoms with E-state index in [4.69, 9.17) is 11.6 Å². The Morgan fingerprint density at radius 2 is 1.67 bits per heavy atom. The molecule has 0 bridgehead atoms. The third-order valence-corrected chi connectivity index (χ3v) is 3.15. The average molecular weight is 264 g/mol. The molecule has 94 valence electrons. The topological polar surface area (TPSA) is 12.0 Å². The first kappa shape index (κ1) is 13.1. The summed E-state index contributed by atoms with van der Waals surface area (Å²) in [6.07, 6.45) is 0. The zero-order chi connectivity index (χ0) is 13.0. The maximum atomic E-state index is 12.8. The molecule has 0 saturated heterocycles. The second-order valence-electron chi connectivity index (χ2n) is 4.28. The van der Waals surface area contributed by atoms with Gasteiger partial charge in [0.25, 0.3) is 0 Å². The van der Waals surface area contributed by atoms with E-state index < -0.39 is 0 Å². The highest BCUT2D eigenvalue weighted by Crippen LogP contribution is 2.16. The SMILES string of the molecule is C[C@@H](NCc1ccc(F)cc1)c1ccc(Cl)cc1. The molecular weight excluding hydrogens is 249 g/mol. The van der Waals surface area contributed by atoms with Gasteiger partial charge in [0, 0.05) is 17.6 Å². The fourth-order valence-electron chi connectivity index (χ4n) is 1.74. The van der Waals surface area contributed by atoms with Gasteiger partial charge in [-0.25, -0.2) is 4.39 Å². The van der Waals surface area contributed by atoms with E-state index in [0.29, 0.717) is 6.54 Å². The van der Waals surface area contributed by atoms with Crippen molar-refractivity contribution < 1.29 is 4.39 Å². The van der Waals surface area contributed by atoms with Gasteiger partial charge in [0.2, 0.25) is 0 Å². The van der Waals surface area contributed by atoms with Crippen LogP contribution in [0.25, 0.3) is 0 Å². The summed E-state index contributed by atoms with van der Waals surface area (Å²) in [5.74, 6) is -0.204. The zero-order valence-corrected chi connectivity index (χ0v) is 10.9. The quantitative estimate of drug-likeness (QED) is 0.866. The van der Waals surface area contributed by atoms with E-state index in [9.17, 15) is 4.39 Å². The Hall–Kier alpha value is -1.38. The lowest BCUT2D eigenvalue weighted by Gasteiger charge is -2.14. The minimum absolute atomic E-state index is 0.204. The minimum atomic E-state index is -0.204. The van der Waals surface area contributed by atoms with E-state index in [0.717, 1.165) is 10.6 Å². The lowest BCUT2D eigenvalue weighted by molar-refractivity contribution is 0.573. The summed E-state index contributed by atoms with van der Waals surface area (Å²) >= 11 is 5.85. The second-order valence-corrected chi connectivity index (χ2v) is 4.72. The number of hydrogen-bond donors (Lipinski definition) is 1. The van der Waals surface area contributed by atoms with Gasteiger partial charge in [-0.2, -0.15) is 0 Å². The fraction of sp³-hybridized carbons (Fsp3) is 0.200. The van der Waals surface area contributed by atoms with E-state index in [1.807, 2.05) is 24.3 Å². The summed E-state index contributed by atoms with van der Waals surface area (Å²) in [5.41, 5.74) is 2.25. The molecule has 0 radical (unpaired) electrons. The molecule has 0 amide bonds. The second kappa shape index (κ2) is 5.98. The monoisotopic (exact) mass is 263 g/mol. The molecule has 0 aliphatic heterocycles. The largest absolute Gasteiger partial charge is 0.306 e. The molecular formula is C15H15ClFN. The highest BCUT2D eigenvalue weighted by atomic mass is 35.5. The molecule has 0 heterocycles. The predicted molar refractivity (Wildman–Crippen MR) is 73.1 cm³/mol. The van der Waals surface area contributed by atoms with Crippen molar-refractivity contribution in [1.29, 1.82) is 0 Å². The van der Waals surface area contributed by atoms with Crippen LogP contribution in [-0.2, 0) is 6.54 Å². The molecule has 1 atom stereocenters. The van der Waals surface area contributed by atoms with Crippen LogP contribution in [0.3, 0.4) is 0 Å². The van der Waals surface area contributed by atoms with Gasteiger partial charge in [0.05, 0.1) is 0 Å². The van der Waals surface area contributed by atoms with Gasteiger partial charge < -0.3 is 5.32 Å². The third-order valence-electron chi connectivity index (χ3n) is 2.90. The van der Waals surface area contributed by atoms with Gasteiger partial charge in [-0.05, 0) is 42.3 Å². The summed E-state index contributed by atoms with van der Waals surface area (Å²) in [5, 5.41) is 4.13. The fourth-order valence-corrected chi connectivity index (χ4v) is 1.87. The van der Waals surface area contributed by atoms with Crippen LogP contribution in [0.5, 0.6) is 0 Å². The number of rotatable bonds is 4. The Balaban J connectivity index is 1.93. The molecule has 0 aliphatic carbocycles. The summed E-state index contributed by atoms with van der Waals surface area (Å²) in [7, 11) is 0. The maximum absolute atomic E-state index is 12.8. The first-order valence-electron chi connectivity index (χ1n) is 5.88. The molecule has 0 spiro atoms. The Morgan fingerprint density at radius 1 is 1.06 bits per heavy atom. The molecule has 0 fully saturated rings. The van der Waals surface area contributed by atoms with Crippen LogP contribution >= 0.6 is 11.6 Å². The van der Waals surface area contributed by atoms with Crippen LogP contribution in [-0.4, -0.2) is 0 Å². The number of benzene rings is 2. The Kier molecular flexibility index (Phi) is 4.34. The Morgan fingerprint density at radius 3 is 2.28 bits per heavy atom. The lowest BCUT2D eigenvalue weighted by atomic mass is 10.1. The molecule has 1 N–H and O–H groups in total. The van der Waals surface area contributed by atoms with Crippen LogP contribution in [0.2, 0.25) is 5.02 Å². The summed E-state index contributed by atoms with van der Waals surface area (Å²) in [6, 6.07) is 14.5. The molecule has 2 aromatic rings. The van der Waals surface area contributed by atoms with Crippen molar-refractivity contribution in [1.82, 2.24) is 5.32 Å². The van der Waals surface area contributed by atoms with Gasteiger partial charge >= 0.3 is 0 Å². The van der Waals surface area contributed by atoms with Crippen LogP contribution in [0.1, 0.15) is 24.1 Å². The molecule has 0 aromatic heterocycles. The molecule has 18 heavy (non-hydrogen) atoms. The molecule has 2 rings (SSSR count). The van der Waals surface area contributed by atoms with E-state index >= 15 is 0 Å². The van der Waals surface area contributed by atoms with Crippen molar-refractivity contribution in [2.45, 2.75) is 19.5 Å². The van der Waals surface area contributed by atoms with Gasteiger partial charge in [-0.15, -0.1) is 0 Å². The predicted octanol–water partition coefficient (Wildman–Crippen LogP) is 4.33. The van der Waals surface area contributed by atoms with E-state index in [-0.39, 0.29) is 11.9 Å². The van der Waals surface area contributed by atoms with Crippen LogP contribution in [0, 0.1) is 5.82 Å². The Labute approximate surface area is 112 Å². The highest BCUT2D eigenvalue weighted by molar-refractivity contribution is 6.30. The average Bonchev–Trinajstić information content (AvgIpc) is 2.38. The standard InChI is InChI=1S/C15H15ClFN/c1-11(13-4-6-14(16)7-5-13)18-10-12-2-8-15(17)9-3-12/h2-9,11,18H,10H2,1H3/t11-/m1/s1. The number of halogens is 2. The minimum Gasteiger partial charge on any atom is -0.306 e. The smallest absolute Gasteiger partial charge is 0.123 e. The van der Waals surface area contributed by atoms with Crippen molar-refractivity contribution in [3.63, 3.8) is 0 Å². The van der Waals surface area contributed by atoms with Crippen molar-refractivity contribution in [3.05, 3.63) is 70.5 Å². The summed E-state index contributed by atoms with van der Waals surface area (Å²) in [4.78, 5) is 0. The van der Waals surface area contributed by atoms with Gasteiger partial charge in [0.15, 0.2) is 0 Å².